The molecule has 22 heavy (non-hydrogen) atoms. The van der Waals surface area contributed by atoms with Gasteiger partial charge >= 0.3 is 5.97 Å². The molecule has 0 aromatic carbocycles. The molecule has 2 atom stereocenters. The molecule has 0 spiro atoms. The van der Waals surface area contributed by atoms with Crippen LogP contribution in [0.1, 0.15) is 26.2 Å². The minimum absolute atomic E-state index is 0.210. The Hall–Kier alpha value is -1.14. The molecule has 6 nitrogen and oxygen atoms in total. The van der Waals surface area contributed by atoms with Gasteiger partial charge in [0.25, 0.3) is 0 Å². The summed E-state index contributed by atoms with van der Waals surface area (Å²) in [6.07, 6.45) is 3.09. The van der Waals surface area contributed by atoms with E-state index in [2.05, 4.69) is 17.0 Å². The molecule has 1 N–H and O–H groups in total. The van der Waals surface area contributed by atoms with Crippen LogP contribution >= 0.6 is 0 Å². The Morgan fingerprint density at radius 3 is 2.59 bits per heavy atom. The quantitative estimate of drug-likeness (QED) is 0.742. The Kier molecular flexibility index (Phi) is 6.64. The Bertz CT molecular complexity index is 375. The Labute approximate surface area is 133 Å². The van der Waals surface area contributed by atoms with Crippen molar-refractivity contribution < 1.29 is 14.3 Å². The van der Waals surface area contributed by atoms with Crippen LogP contribution in [0.4, 0.5) is 0 Å². The third-order valence-corrected chi connectivity index (χ3v) is 4.94. The van der Waals surface area contributed by atoms with Gasteiger partial charge in [-0.1, -0.05) is 6.92 Å². The third kappa shape index (κ3) is 4.95. The summed E-state index contributed by atoms with van der Waals surface area (Å²) in [6.45, 7) is 7.60. The van der Waals surface area contributed by atoms with Gasteiger partial charge < -0.3 is 15.0 Å². The van der Waals surface area contributed by atoms with E-state index in [1.54, 1.807) is 0 Å². The maximum Gasteiger partial charge on any atom is 0.319 e. The van der Waals surface area contributed by atoms with E-state index >= 15 is 0 Å². The van der Waals surface area contributed by atoms with E-state index in [4.69, 9.17) is 0 Å². The lowest BCUT2D eigenvalue weighted by Gasteiger charge is -2.35. The molecule has 2 rings (SSSR count). The van der Waals surface area contributed by atoms with E-state index in [1.807, 2.05) is 9.80 Å². The van der Waals surface area contributed by atoms with Crippen molar-refractivity contribution in [3.05, 3.63) is 0 Å². The van der Waals surface area contributed by atoms with Crippen molar-refractivity contribution in [2.75, 3.05) is 52.9 Å². The highest BCUT2D eigenvalue weighted by Gasteiger charge is 2.26. The number of piperidine rings is 1. The van der Waals surface area contributed by atoms with E-state index < -0.39 is 0 Å². The first-order valence-corrected chi connectivity index (χ1v) is 8.38. The van der Waals surface area contributed by atoms with E-state index in [1.165, 1.54) is 20.0 Å². The van der Waals surface area contributed by atoms with Crippen molar-refractivity contribution in [1.82, 2.24) is 15.1 Å². The number of carbonyl (C=O) groups excluding carboxylic acids is 2. The molecular weight excluding hydrogens is 282 g/mol. The highest BCUT2D eigenvalue weighted by Crippen LogP contribution is 2.23. The van der Waals surface area contributed by atoms with Gasteiger partial charge in [-0.3, -0.25) is 14.5 Å². The van der Waals surface area contributed by atoms with E-state index in [0.29, 0.717) is 37.9 Å². The summed E-state index contributed by atoms with van der Waals surface area (Å²) in [5, 5.41) is 3.42. The zero-order valence-corrected chi connectivity index (χ0v) is 13.8. The minimum atomic E-state index is -0.210. The lowest BCUT2D eigenvalue weighted by Crippen LogP contribution is -2.50. The lowest BCUT2D eigenvalue weighted by atomic mass is 9.85. The van der Waals surface area contributed by atoms with Crippen LogP contribution in [0.25, 0.3) is 0 Å². The number of amides is 1. The fraction of sp³-hybridized carbons (Fsp3) is 0.875. The van der Waals surface area contributed by atoms with Gasteiger partial charge in [0.1, 0.15) is 0 Å². The first-order valence-electron chi connectivity index (χ1n) is 8.38. The minimum Gasteiger partial charge on any atom is -0.468 e. The molecule has 2 saturated heterocycles. The molecule has 0 bridgehead atoms. The van der Waals surface area contributed by atoms with Crippen LogP contribution in [0.5, 0.6) is 0 Å². The fourth-order valence-electron chi connectivity index (χ4n) is 3.34. The molecule has 1 amide bonds. The maximum absolute atomic E-state index is 12.4. The molecule has 0 radical (unpaired) electrons. The van der Waals surface area contributed by atoms with Gasteiger partial charge in [-0.15, -0.1) is 0 Å². The summed E-state index contributed by atoms with van der Waals surface area (Å²) in [5.74, 6) is 1.11. The van der Waals surface area contributed by atoms with Crippen molar-refractivity contribution in [3.8, 4) is 0 Å². The molecule has 6 heteroatoms. The highest BCUT2D eigenvalue weighted by molar-refractivity contribution is 5.76. The van der Waals surface area contributed by atoms with E-state index in [0.717, 1.165) is 26.2 Å². The standard InChI is InChI=1S/C16H29N3O3/c1-13(14-4-3-5-17-11-14)10-15(20)19-8-6-18(7-9-19)12-16(21)22-2/h13-14,17H,3-12H2,1-2H3. The van der Waals surface area contributed by atoms with Gasteiger partial charge in [0.15, 0.2) is 0 Å². The number of methoxy groups -OCH3 is 1. The summed E-state index contributed by atoms with van der Waals surface area (Å²) < 4.78 is 4.68. The van der Waals surface area contributed by atoms with Crippen LogP contribution in [-0.2, 0) is 14.3 Å². The molecule has 2 aliphatic heterocycles. The Morgan fingerprint density at radius 1 is 1.27 bits per heavy atom. The van der Waals surface area contributed by atoms with Crippen molar-refractivity contribution >= 4 is 11.9 Å². The van der Waals surface area contributed by atoms with Crippen molar-refractivity contribution in [2.45, 2.75) is 26.2 Å². The van der Waals surface area contributed by atoms with Crippen LogP contribution in [0.3, 0.4) is 0 Å². The second kappa shape index (κ2) is 8.48. The van der Waals surface area contributed by atoms with Crippen LogP contribution in [0.2, 0.25) is 0 Å². The highest BCUT2D eigenvalue weighted by atomic mass is 16.5. The number of ether oxygens (including phenoxy) is 1. The maximum atomic E-state index is 12.4. The molecule has 2 heterocycles. The van der Waals surface area contributed by atoms with Gasteiger partial charge in [0.05, 0.1) is 13.7 Å². The number of esters is 1. The van der Waals surface area contributed by atoms with E-state index in [9.17, 15) is 9.59 Å². The zero-order valence-electron chi connectivity index (χ0n) is 13.8. The number of carbonyl (C=O) groups is 2. The molecule has 2 aliphatic rings. The topological polar surface area (TPSA) is 61.9 Å². The van der Waals surface area contributed by atoms with Crippen molar-refractivity contribution in [1.29, 1.82) is 0 Å². The third-order valence-electron chi connectivity index (χ3n) is 4.94. The lowest BCUT2D eigenvalue weighted by molar-refractivity contribution is -0.142. The molecular formula is C16H29N3O3. The monoisotopic (exact) mass is 311 g/mol. The Balaban J connectivity index is 1.71. The average Bonchev–Trinajstić information content (AvgIpc) is 2.56. The molecule has 2 fully saturated rings. The molecule has 126 valence electrons. The summed E-state index contributed by atoms with van der Waals surface area (Å²) in [7, 11) is 1.41. The van der Waals surface area contributed by atoms with Gasteiger partial charge in [0, 0.05) is 32.6 Å². The normalized spacial score (nSPS) is 24.8. The second-order valence-corrected chi connectivity index (χ2v) is 6.52. The largest absolute Gasteiger partial charge is 0.468 e. The molecule has 0 saturated carbocycles. The van der Waals surface area contributed by atoms with Crippen LogP contribution in [0, 0.1) is 11.8 Å². The first-order chi connectivity index (χ1) is 10.6. The van der Waals surface area contributed by atoms with Gasteiger partial charge in [-0.2, -0.15) is 0 Å². The average molecular weight is 311 g/mol. The molecule has 2 unspecified atom stereocenters. The van der Waals surface area contributed by atoms with E-state index in [-0.39, 0.29) is 11.9 Å². The predicted octanol–water partition coefficient (Wildman–Crippen LogP) is 0.329. The molecule has 0 aliphatic carbocycles. The number of nitrogens with one attached hydrogen (secondary N) is 1. The summed E-state index contributed by atoms with van der Waals surface area (Å²) >= 11 is 0. The van der Waals surface area contributed by atoms with Crippen molar-refractivity contribution in [3.63, 3.8) is 0 Å². The Morgan fingerprint density at radius 2 is 2.00 bits per heavy atom. The van der Waals surface area contributed by atoms with Gasteiger partial charge in [0.2, 0.25) is 5.91 Å². The number of rotatable bonds is 5. The van der Waals surface area contributed by atoms with Gasteiger partial charge in [-0.05, 0) is 37.8 Å². The fourth-order valence-corrected chi connectivity index (χ4v) is 3.34. The molecule has 0 aromatic heterocycles. The predicted molar refractivity (Wildman–Crippen MR) is 84.4 cm³/mol. The summed E-state index contributed by atoms with van der Waals surface area (Å²) in [6, 6.07) is 0. The molecule has 0 aromatic rings. The first kappa shape index (κ1) is 17.2. The van der Waals surface area contributed by atoms with Crippen LogP contribution < -0.4 is 5.32 Å². The van der Waals surface area contributed by atoms with Gasteiger partial charge in [-0.25, -0.2) is 0 Å². The zero-order chi connectivity index (χ0) is 15.9. The summed E-state index contributed by atoms with van der Waals surface area (Å²) in [5.41, 5.74) is 0. The van der Waals surface area contributed by atoms with Crippen LogP contribution in [-0.4, -0.2) is 74.6 Å². The number of nitrogens with zero attached hydrogens (tertiary/aromatic N) is 2. The smallest absolute Gasteiger partial charge is 0.319 e. The number of hydrogen-bond acceptors (Lipinski definition) is 5. The second-order valence-electron chi connectivity index (χ2n) is 6.52. The summed E-state index contributed by atoms with van der Waals surface area (Å²) in [4.78, 5) is 27.7. The van der Waals surface area contributed by atoms with Crippen molar-refractivity contribution in [2.24, 2.45) is 11.8 Å². The SMILES string of the molecule is COC(=O)CN1CCN(C(=O)CC(C)C2CCCNC2)CC1. The number of hydrogen-bond donors (Lipinski definition) is 1. The van der Waals surface area contributed by atoms with Crippen LogP contribution in [0.15, 0.2) is 0 Å². The number of piperazine rings is 1.